The van der Waals surface area contributed by atoms with Crippen LogP contribution in [0.3, 0.4) is 0 Å². The lowest BCUT2D eigenvalue weighted by atomic mass is 9.80. The third kappa shape index (κ3) is 1.90. The molecule has 0 radical (unpaired) electrons. The van der Waals surface area contributed by atoms with Gasteiger partial charge in [-0.15, -0.1) is 0 Å². The maximum atomic E-state index is 4.08. The van der Waals surface area contributed by atoms with Crippen molar-refractivity contribution in [3.8, 4) is 0 Å². The van der Waals surface area contributed by atoms with E-state index in [1.807, 2.05) is 12.4 Å². The number of hydrogen-bond acceptors (Lipinski definition) is 3. The number of aromatic nitrogens is 1. The van der Waals surface area contributed by atoms with Crippen LogP contribution in [0.4, 0.5) is 0 Å². The van der Waals surface area contributed by atoms with E-state index in [0.29, 0.717) is 16.9 Å². The highest BCUT2D eigenvalue weighted by atomic mass is 79.9. The fourth-order valence-electron chi connectivity index (χ4n) is 2.91. The maximum absolute atomic E-state index is 4.08. The first-order valence-corrected chi connectivity index (χ1v) is 6.81. The van der Waals surface area contributed by atoms with Gasteiger partial charge in [0.05, 0.1) is 6.04 Å². The van der Waals surface area contributed by atoms with E-state index in [1.54, 1.807) is 0 Å². The maximum Gasteiger partial charge on any atom is 0.0507 e. The summed E-state index contributed by atoms with van der Waals surface area (Å²) in [5.41, 5.74) is 8.22. The monoisotopic (exact) mass is 281 g/mol. The predicted octanol–water partition coefficient (Wildman–Crippen LogP) is 2.16. The molecule has 1 aliphatic heterocycles. The number of rotatable bonds is 1. The van der Waals surface area contributed by atoms with Crippen molar-refractivity contribution in [1.82, 2.24) is 15.8 Å². The van der Waals surface area contributed by atoms with Crippen molar-refractivity contribution in [3.05, 3.63) is 30.1 Å². The number of alkyl halides is 1. The molecule has 3 nitrogen and oxygen atoms in total. The number of hydrogen-bond donors (Lipinski definition) is 2. The molecule has 1 aromatic heterocycles. The summed E-state index contributed by atoms with van der Waals surface area (Å²) in [6.45, 7) is 0. The van der Waals surface area contributed by atoms with Gasteiger partial charge in [0.2, 0.25) is 0 Å². The zero-order valence-corrected chi connectivity index (χ0v) is 10.7. The minimum Gasteiger partial charge on any atom is -0.265 e. The molecule has 3 rings (SSSR count). The summed E-state index contributed by atoms with van der Waals surface area (Å²) in [6.07, 6.45) is 7.54. The second kappa shape index (κ2) is 4.43. The van der Waals surface area contributed by atoms with E-state index in [0.717, 1.165) is 5.92 Å². The van der Waals surface area contributed by atoms with Gasteiger partial charge in [0.1, 0.15) is 0 Å². The Morgan fingerprint density at radius 1 is 1.19 bits per heavy atom. The van der Waals surface area contributed by atoms with Crippen molar-refractivity contribution >= 4 is 15.9 Å². The second-order valence-corrected chi connectivity index (χ2v) is 6.02. The van der Waals surface area contributed by atoms with E-state index in [1.165, 1.54) is 24.8 Å². The number of fused-ring (bicyclic) bond motifs is 1. The van der Waals surface area contributed by atoms with Crippen LogP contribution in [0, 0.1) is 5.92 Å². The summed E-state index contributed by atoms with van der Waals surface area (Å²) in [4.78, 5) is 4.76. The van der Waals surface area contributed by atoms with Gasteiger partial charge in [0, 0.05) is 23.3 Å². The molecule has 1 aromatic rings. The highest BCUT2D eigenvalue weighted by molar-refractivity contribution is 9.09. The lowest BCUT2D eigenvalue weighted by Crippen LogP contribution is -2.36. The molecule has 2 N–H and O–H groups in total. The molecule has 0 spiro atoms. The van der Waals surface area contributed by atoms with Gasteiger partial charge in [0.25, 0.3) is 0 Å². The van der Waals surface area contributed by atoms with E-state index in [-0.39, 0.29) is 0 Å². The zero-order chi connectivity index (χ0) is 11.0. The third-order valence-corrected chi connectivity index (χ3v) is 4.59. The Hall–Kier alpha value is -0.450. The number of halogens is 1. The summed E-state index contributed by atoms with van der Waals surface area (Å²) in [5, 5.41) is 0. The third-order valence-electron chi connectivity index (χ3n) is 3.76. The van der Waals surface area contributed by atoms with Crippen LogP contribution in [0.2, 0.25) is 0 Å². The van der Waals surface area contributed by atoms with Gasteiger partial charge in [-0.1, -0.05) is 15.9 Å². The predicted molar refractivity (Wildman–Crippen MR) is 67.1 cm³/mol. The Morgan fingerprint density at radius 2 is 2.00 bits per heavy atom. The highest BCUT2D eigenvalue weighted by Gasteiger charge is 2.40. The molecule has 4 unspecified atom stereocenters. The normalized spacial score (nSPS) is 38.3. The van der Waals surface area contributed by atoms with Crippen LogP contribution in [0.5, 0.6) is 0 Å². The fraction of sp³-hybridized carbons (Fsp3) is 0.583. The minimum atomic E-state index is 0.452. The number of pyridine rings is 1. The van der Waals surface area contributed by atoms with Gasteiger partial charge in [-0.3, -0.25) is 10.4 Å². The van der Waals surface area contributed by atoms with Gasteiger partial charge in [-0.2, -0.15) is 0 Å². The van der Waals surface area contributed by atoms with Crippen LogP contribution in [0.15, 0.2) is 24.5 Å². The standard InChI is InChI=1S/C12H16BrN3/c13-9-1-2-10-11(7-9)15-16-12(10)8-3-5-14-6-4-8/h3-6,9-12,15-16H,1-2,7H2. The van der Waals surface area contributed by atoms with Crippen molar-refractivity contribution in [3.63, 3.8) is 0 Å². The summed E-state index contributed by atoms with van der Waals surface area (Å²) < 4.78 is 0. The van der Waals surface area contributed by atoms with Crippen LogP contribution in [-0.4, -0.2) is 15.9 Å². The van der Waals surface area contributed by atoms with Crippen LogP contribution in [-0.2, 0) is 0 Å². The van der Waals surface area contributed by atoms with Crippen LogP contribution in [0.1, 0.15) is 30.9 Å². The Labute approximate surface area is 104 Å². The van der Waals surface area contributed by atoms with E-state index in [4.69, 9.17) is 0 Å². The van der Waals surface area contributed by atoms with Crippen LogP contribution in [0.25, 0.3) is 0 Å². The van der Waals surface area contributed by atoms with E-state index in [9.17, 15) is 0 Å². The molecule has 0 bridgehead atoms. The highest BCUT2D eigenvalue weighted by Crippen LogP contribution is 2.39. The molecule has 4 heteroatoms. The average Bonchev–Trinajstić information content (AvgIpc) is 2.73. The minimum absolute atomic E-state index is 0.452. The van der Waals surface area contributed by atoms with Gasteiger partial charge in [0.15, 0.2) is 0 Å². The van der Waals surface area contributed by atoms with E-state index in [2.05, 4.69) is 43.9 Å². The Morgan fingerprint density at radius 3 is 2.81 bits per heavy atom. The Kier molecular flexibility index (Phi) is 2.96. The first-order chi connectivity index (χ1) is 7.84. The molecule has 1 saturated carbocycles. The summed E-state index contributed by atoms with van der Waals surface area (Å²) in [7, 11) is 0. The SMILES string of the molecule is BrC1CCC2C(C1)NNC2c1ccncc1. The molecule has 2 aliphatic rings. The van der Waals surface area contributed by atoms with Crippen molar-refractivity contribution in [2.24, 2.45) is 5.92 Å². The van der Waals surface area contributed by atoms with Gasteiger partial charge in [-0.25, -0.2) is 5.43 Å². The lowest BCUT2D eigenvalue weighted by Gasteiger charge is -2.30. The topological polar surface area (TPSA) is 37.0 Å². The summed E-state index contributed by atoms with van der Waals surface area (Å²) in [5.74, 6) is 0.719. The molecular formula is C12H16BrN3. The number of nitrogens with zero attached hydrogens (tertiary/aromatic N) is 1. The summed E-state index contributed by atoms with van der Waals surface area (Å²) >= 11 is 3.72. The second-order valence-electron chi connectivity index (χ2n) is 4.73. The summed E-state index contributed by atoms with van der Waals surface area (Å²) in [6, 6.07) is 5.29. The van der Waals surface area contributed by atoms with Crippen molar-refractivity contribution in [2.45, 2.75) is 36.2 Å². The molecule has 16 heavy (non-hydrogen) atoms. The first kappa shape index (κ1) is 10.7. The fourth-order valence-corrected chi connectivity index (χ4v) is 3.58. The van der Waals surface area contributed by atoms with Crippen molar-refractivity contribution < 1.29 is 0 Å². The number of nitrogens with one attached hydrogen (secondary N) is 2. The first-order valence-electron chi connectivity index (χ1n) is 5.89. The van der Waals surface area contributed by atoms with Gasteiger partial charge < -0.3 is 0 Å². The van der Waals surface area contributed by atoms with Crippen molar-refractivity contribution in [2.75, 3.05) is 0 Å². The molecule has 2 heterocycles. The largest absolute Gasteiger partial charge is 0.265 e. The number of hydrazine groups is 1. The van der Waals surface area contributed by atoms with Gasteiger partial charge in [-0.05, 0) is 42.9 Å². The quantitative estimate of drug-likeness (QED) is 0.775. The Bertz CT molecular complexity index is 357. The van der Waals surface area contributed by atoms with E-state index < -0.39 is 0 Å². The molecular weight excluding hydrogens is 266 g/mol. The van der Waals surface area contributed by atoms with E-state index >= 15 is 0 Å². The van der Waals surface area contributed by atoms with Gasteiger partial charge >= 0.3 is 0 Å². The molecule has 86 valence electrons. The van der Waals surface area contributed by atoms with Crippen LogP contribution < -0.4 is 10.9 Å². The zero-order valence-electron chi connectivity index (χ0n) is 9.07. The smallest absolute Gasteiger partial charge is 0.0507 e. The molecule has 4 atom stereocenters. The molecule has 1 aliphatic carbocycles. The molecule has 2 fully saturated rings. The van der Waals surface area contributed by atoms with Crippen LogP contribution >= 0.6 is 15.9 Å². The molecule has 1 saturated heterocycles. The average molecular weight is 282 g/mol. The van der Waals surface area contributed by atoms with Crippen molar-refractivity contribution in [1.29, 1.82) is 0 Å². The molecule has 0 amide bonds. The molecule has 0 aromatic carbocycles. The lowest BCUT2D eigenvalue weighted by molar-refractivity contribution is 0.315. The Balaban J connectivity index is 1.79.